The first kappa shape index (κ1) is 10.2. The number of allylic oxidation sites excluding steroid dienone is 1. The Hall–Kier alpha value is -0.800. The first-order valence-corrected chi connectivity index (χ1v) is 4.12. The molecule has 0 aromatic carbocycles. The maximum Gasteiger partial charge on any atom is 0.133 e. The molecule has 0 spiro atoms. The van der Waals surface area contributed by atoms with Crippen molar-refractivity contribution >= 4 is 15.9 Å². The van der Waals surface area contributed by atoms with Crippen LogP contribution in [-0.2, 0) is 0 Å². The molecular weight excluding hydrogens is 204 g/mol. The summed E-state index contributed by atoms with van der Waals surface area (Å²) in [6.07, 6.45) is 2.31. The van der Waals surface area contributed by atoms with Gasteiger partial charge in [-0.3, -0.25) is 0 Å². The minimum Gasteiger partial charge on any atom is -0.197 e. The fraction of sp³-hybridized carbons (Fsp3) is 0.500. The monoisotopic (exact) mass is 212 g/mol. The van der Waals surface area contributed by atoms with Crippen LogP contribution in [0.2, 0.25) is 0 Å². The number of nitrogens with zero attached hydrogens (tertiary/aromatic N) is 2. The quantitative estimate of drug-likeness (QED) is 0.720. The van der Waals surface area contributed by atoms with Crippen molar-refractivity contribution in [1.29, 1.82) is 10.5 Å². The molecule has 0 radical (unpaired) electrons. The lowest BCUT2D eigenvalue weighted by molar-refractivity contribution is 0.678. The third-order valence-corrected chi connectivity index (χ3v) is 1.65. The fourth-order valence-corrected chi connectivity index (χ4v) is 0.936. The van der Waals surface area contributed by atoms with E-state index in [9.17, 15) is 0 Å². The Morgan fingerprint density at radius 1 is 1.45 bits per heavy atom. The molecule has 0 aromatic rings. The Balaban J connectivity index is 3.48. The van der Waals surface area contributed by atoms with Crippen LogP contribution in [0.25, 0.3) is 0 Å². The molecule has 0 saturated heterocycles. The van der Waals surface area contributed by atoms with Gasteiger partial charge in [0.25, 0.3) is 0 Å². The van der Waals surface area contributed by atoms with Crippen molar-refractivity contribution in [1.82, 2.24) is 0 Å². The summed E-state index contributed by atoms with van der Waals surface area (Å²) in [4.78, 5) is 0. The number of nitriles is 2. The van der Waals surface area contributed by atoms with E-state index in [-0.39, 0.29) is 0 Å². The Kier molecular flexibility index (Phi) is 5.51. The van der Waals surface area contributed by atoms with Crippen molar-refractivity contribution in [2.24, 2.45) is 5.92 Å². The van der Waals surface area contributed by atoms with Crippen molar-refractivity contribution in [2.45, 2.75) is 19.3 Å². The molecule has 2 nitrogen and oxygen atoms in total. The summed E-state index contributed by atoms with van der Waals surface area (Å²) in [5.41, 5.74) is 0. The van der Waals surface area contributed by atoms with Gasteiger partial charge in [-0.25, -0.2) is 0 Å². The SMILES string of the molecule is C=C(Br)CCCC(C#N)C#N. The molecule has 3 heteroatoms. The third kappa shape index (κ3) is 5.63. The first-order chi connectivity index (χ1) is 5.20. The van der Waals surface area contributed by atoms with Crippen LogP contribution in [0.15, 0.2) is 11.1 Å². The third-order valence-electron chi connectivity index (χ3n) is 1.25. The van der Waals surface area contributed by atoms with E-state index in [1.54, 1.807) is 0 Å². The van der Waals surface area contributed by atoms with Crippen molar-refractivity contribution in [3.63, 3.8) is 0 Å². The highest BCUT2D eigenvalue weighted by Gasteiger charge is 2.03. The second-order valence-corrected chi connectivity index (χ2v) is 3.34. The Morgan fingerprint density at radius 3 is 2.36 bits per heavy atom. The van der Waals surface area contributed by atoms with Gasteiger partial charge < -0.3 is 0 Å². The van der Waals surface area contributed by atoms with E-state index in [1.807, 2.05) is 12.1 Å². The molecule has 0 aliphatic rings. The zero-order valence-corrected chi connectivity index (χ0v) is 7.76. The van der Waals surface area contributed by atoms with Crippen molar-refractivity contribution in [3.05, 3.63) is 11.1 Å². The van der Waals surface area contributed by atoms with Gasteiger partial charge in [0.15, 0.2) is 0 Å². The van der Waals surface area contributed by atoms with E-state index < -0.39 is 5.92 Å². The predicted molar refractivity (Wildman–Crippen MR) is 46.6 cm³/mol. The molecule has 0 aliphatic heterocycles. The van der Waals surface area contributed by atoms with Crippen LogP contribution in [0.3, 0.4) is 0 Å². The van der Waals surface area contributed by atoms with Crippen molar-refractivity contribution in [2.75, 3.05) is 0 Å². The standard InChI is InChI=1S/C8H9BrN2/c1-7(9)3-2-4-8(5-10)6-11/h8H,1-4H2. The predicted octanol–water partition coefficient (Wildman–Crippen LogP) is 2.73. The molecule has 11 heavy (non-hydrogen) atoms. The average Bonchev–Trinajstić information content (AvgIpc) is 1.98. The number of halogens is 1. The maximum atomic E-state index is 8.38. The molecule has 0 saturated carbocycles. The van der Waals surface area contributed by atoms with Gasteiger partial charge in [0.1, 0.15) is 5.92 Å². The lowest BCUT2D eigenvalue weighted by Gasteiger charge is -1.97. The van der Waals surface area contributed by atoms with E-state index in [0.717, 1.165) is 17.3 Å². The highest BCUT2D eigenvalue weighted by Crippen LogP contribution is 2.14. The largest absolute Gasteiger partial charge is 0.197 e. The molecule has 58 valence electrons. The molecule has 0 atom stereocenters. The van der Waals surface area contributed by atoms with E-state index in [0.29, 0.717) is 6.42 Å². The summed E-state index contributed by atoms with van der Waals surface area (Å²) in [5.74, 6) is -0.457. The minimum absolute atomic E-state index is 0.457. The number of hydrogen-bond donors (Lipinski definition) is 0. The Morgan fingerprint density at radius 2 is 2.00 bits per heavy atom. The topological polar surface area (TPSA) is 47.6 Å². The molecule has 0 amide bonds. The van der Waals surface area contributed by atoms with Gasteiger partial charge in [0.2, 0.25) is 0 Å². The van der Waals surface area contributed by atoms with Crippen LogP contribution in [0, 0.1) is 28.6 Å². The summed E-state index contributed by atoms with van der Waals surface area (Å²) in [5, 5.41) is 16.8. The molecule has 0 fully saturated rings. The van der Waals surface area contributed by atoms with Crippen molar-refractivity contribution in [3.8, 4) is 12.1 Å². The van der Waals surface area contributed by atoms with Gasteiger partial charge in [-0.2, -0.15) is 10.5 Å². The zero-order chi connectivity index (χ0) is 8.69. The van der Waals surface area contributed by atoms with Gasteiger partial charge >= 0.3 is 0 Å². The second kappa shape index (κ2) is 5.95. The average molecular weight is 213 g/mol. The normalized spacial score (nSPS) is 8.73. The molecule has 0 heterocycles. The Bertz CT molecular complexity index is 195. The molecule has 0 aromatic heterocycles. The highest BCUT2D eigenvalue weighted by atomic mass is 79.9. The van der Waals surface area contributed by atoms with Gasteiger partial charge in [-0.1, -0.05) is 22.5 Å². The van der Waals surface area contributed by atoms with Crippen molar-refractivity contribution < 1.29 is 0 Å². The van der Waals surface area contributed by atoms with E-state index in [1.165, 1.54) is 0 Å². The lowest BCUT2D eigenvalue weighted by Crippen LogP contribution is -1.91. The second-order valence-electron chi connectivity index (χ2n) is 2.22. The summed E-state index contributed by atoms with van der Waals surface area (Å²) >= 11 is 3.21. The van der Waals surface area contributed by atoms with Crippen LogP contribution >= 0.6 is 15.9 Å². The smallest absolute Gasteiger partial charge is 0.133 e. The summed E-state index contributed by atoms with van der Waals surface area (Å²) in [6.45, 7) is 3.65. The van der Waals surface area contributed by atoms with Gasteiger partial charge in [0.05, 0.1) is 12.1 Å². The first-order valence-electron chi connectivity index (χ1n) is 3.33. The van der Waals surface area contributed by atoms with Crippen LogP contribution in [0.5, 0.6) is 0 Å². The molecule has 0 rings (SSSR count). The molecular formula is C8H9BrN2. The molecule has 0 N–H and O–H groups in total. The summed E-state index contributed by atoms with van der Waals surface area (Å²) < 4.78 is 0.923. The van der Waals surface area contributed by atoms with Gasteiger partial charge in [-0.15, -0.1) is 0 Å². The lowest BCUT2D eigenvalue weighted by atomic mass is 10.1. The van der Waals surface area contributed by atoms with E-state index >= 15 is 0 Å². The van der Waals surface area contributed by atoms with E-state index in [2.05, 4.69) is 22.5 Å². The minimum atomic E-state index is -0.457. The van der Waals surface area contributed by atoms with Gasteiger partial charge in [-0.05, 0) is 23.7 Å². The zero-order valence-electron chi connectivity index (χ0n) is 6.18. The highest BCUT2D eigenvalue weighted by molar-refractivity contribution is 9.11. The van der Waals surface area contributed by atoms with Crippen LogP contribution in [-0.4, -0.2) is 0 Å². The van der Waals surface area contributed by atoms with Crippen LogP contribution in [0.1, 0.15) is 19.3 Å². The number of hydrogen-bond acceptors (Lipinski definition) is 2. The molecule has 0 bridgehead atoms. The van der Waals surface area contributed by atoms with Gasteiger partial charge in [0, 0.05) is 0 Å². The van der Waals surface area contributed by atoms with Crippen LogP contribution < -0.4 is 0 Å². The maximum absolute atomic E-state index is 8.38. The number of rotatable bonds is 4. The van der Waals surface area contributed by atoms with E-state index in [4.69, 9.17) is 10.5 Å². The molecule has 0 unspecified atom stereocenters. The summed E-state index contributed by atoms with van der Waals surface area (Å²) in [6, 6.07) is 3.84. The Labute approximate surface area is 75.3 Å². The summed E-state index contributed by atoms with van der Waals surface area (Å²) in [7, 11) is 0. The van der Waals surface area contributed by atoms with Crippen LogP contribution in [0.4, 0.5) is 0 Å². The molecule has 0 aliphatic carbocycles. The fourth-order valence-electron chi connectivity index (χ4n) is 0.656.